The molecule has 0 aromatic carbocycles. The van der Waals surface area contributed by atoms with Crippen LogP contribution < -0.4 is 5.32 Å². The maximum absolute atomic E-state index is 12.3. The highest BCUT2D eigenvalue weighted by molar-refractivity contribution is 5.80. The van der Waals surface area contributed by atoms with Gasteiger partial charge in [0.2, 0.25) is 5.91 Å². The molecular formula is C15H24N2O3. The first kappa shape index (κ1) is 15.0. The number of aliphatic hydroxyl groups is 1. The van der Waals surface area contributed by atoms with Crippen molar-refractivity contribution in [3.8, 4) is 0 Å². The molecule has 2 rings (SSSR count). The third-order valence-electron chi connectivity index (χ3n) is 4.18. The highest BCUT2D eigenvalue weighted by Crippen LogP contribution is 2.39. The van der Waals surface area contributed by atoms with Crippen LogP contribution in [0.25, 0.3) is 0 Å². The van der Waals surface area contributed by atoms with Gasteiger partial charge in [-0.1, -0.05) is 19.0 Å². The van der Waals surface area contributed by atoms with Crippen molar-refractivity contribution in [2.45, 2.75) is 58.4 Å². The van der Waals surface area contributed by atoms with Gasteiger partial charge < -0.3 is 14.9 Å². The zero-order valence-corrected chi connectivity index (χ0v) is 12.5. The monoisotopic (exact) mass is 280 g/mol. The average Bonchev–Trinajstić information content (AvgIpc) is 3.22. The number of hydrogen-bond donors (Lipinski definition) is 2. The number of nitrogens with zero attached hydrogens (tertiary/aromatic N) is 1. The fourth-order valence-electron chi connectivity index (χ4n) is 2.65. The van der Waals surface area contributed by atoms with Crippen molar-refractivity contribution in [2.75, 3.05) is 6.61 Å². The summed E-state index contributed by atoms with van der Waals surface area (Å²) >= 11 is 0. The Bertz CT molecular complexity index is 458. The minimum atomic E-state index is -0.493. The van der Waals surface area contributed by atoms with E-state index in [2.05, 4.69) is 10.5 Å². The van der Waals surface area contributed by atoms with Crippen LogP contribution in [0.3, 0.4) is 0 Å². The predicted octanol–water partition coefficient (Wildman–Crippen LogP) is 1.62. The summed E-state index contributed by atoms with van der Waals surface area (Å²) in [5, 5.41) is 16.5. The van der Waals surface area contributed by atoms with E-state index < -0.39 is 5.54 Å². The zero-order valence-electron chi connectivity index (χ0n) is 12.5. The Morgan fingerprint density at radius 1 is 1.45 bits per heavy atom. The molecule has 0 saturated heterocycles. The van der Waals surface area contributed by atoms with Gasteiger partial charge in [-0.15, -0.1) is 0 Å². The molecule has 1 aromatic rings. The van der Waals surface area contributed by atoms with Gasteiger partial charge in [0.15, 0.2) is 0 Å². The van der Waals surface area contributed by atoms with E-state index in [9.17, 15) is 9.90 Å². The lowest BCUT2D eigenvalue weighted by molar-refractivity contribution is -0.123. The Labute approximate surface area is 119 Å². The average molecular weight is 280 g/mol. The SMILES string of the molecule is CCc1noc(CC)c1CC(=O)NC(C)(CO)C1CC1. The van der Waals surface area contributed by atoms with Gasteiger partial charge in [-0.2, -0.15) is 0 Å². The fraction of sp³-hybridized carbons (Fsp3) is 0.733. The normalized spacial score (nSPS) is 17.8. The summed E-state index contributed by atoms with van der Waals surface area (Å²) in [6.45, 7) is 5.89. The van der Waals surface area contributed by atoms with Crippen molar-refractivity contribution < 1.29 is 14.4 Å². The summed E-state index contributed by atoms with van der Waals surface area (Å²) in [5.74, 6) is 1.12. The molecule has 5 heteroatoms. The number of nitrogens with one attached hydrogen (secondary N) is 1. The van der Waals surface area contributed by atoms with Crippen LogP contribution >= 0.6 is 0 Å². The molecule has 1 heterocycles. The quantitative estimate of drug-likeness (QED) is 0.796. The highest BCUT2D eigenvalue weighted by atomic mass is 16.5. The van der Waals surface area contributed by atoms with Crippen LogP contribution in [-0.2, 0) is 24.1 Å². The van der Waals surface area contributed by atoms with Gasteiger partial charge in [0, 0.05) is 12.0 Å². The molecule has 0 bridgehead atoms. The highest BCUT2D eigenvalue weighted by Gasteiger charge is 2.42. The van der Waals surface area contributed by atoms with Gasteiger partial charge in [-0.25, -0.2) is 0 Å². The molecule has 1 aromatic heterocycles. The second-order valence-electron chi connectivity index (χ2n) is 5.81. The molecule has 2 N–H and O–H groups in total. The minimum absolute atomic E-state index is 0.0195. The molecule has 0 aliphatic heterocycles. The van der Waals surface area contributed by atoms with Gasteiger partial charge in [-0.3, -0.25) is 4.79 Å². The van der Waals surface area contributed by atoms with E-state index >= 15 is 0 Å². The Morgan fingerprint density at radius 2 is 2.15 bits per heavy atom. The molecular weight excluding hydrogens is 256 g/mol. The van der Waals surface area contributed by atoms with Crippen molar-refractivity contribution in [3.63, 3.8) is 0 Å². The molecule has 0 spiro atoms. The summed E-state index contributed by atoms with van der Waals surface area (Å²) in [5.41, 5.74) is 1.27. The van der Waals surface area contributed by atoms with Crippen molar-refractivity contribution in [1.82, 2.24) is 10.5 Å². The van der Waals surface area contributed by atoms with Crippen LogP contribution in [-0.4, -0.2) is 28.3 Å². The molecule has 1 amide bonds. The number of aliphatic hydroxyl groups excluding tert-OH is 1. The Balaban J connectivity index is 2.06. The van der Waals surface area contributed by atoms with Crippen molar-refractivity contribution in [2.24, 2.45) is 5.92 Å². The molecule has 1 unspecified atom stereocenters. The van der Waals surface area contributed by atoms with Crippen LogP contribution in [0.15, 0.2) is 4.52 Å². The maximum atomic E-state index is 12.3. The van der Waals surface area contributed by atoms with Gasteiger partial charge in [-0.05, 0) is 32.1 Å². The lowest BCUT2D eigenvalue weighted by atomic mass is 9.96. The Kier molecular flexibility index (Phi) is 4.48. The third-order valence-corrected chi connectivity index (χ3v) is 4.18. The third kappa shape index (κ3) is 3.03. The smallest absolute Gasteiger partial charge is 0.225 e. The molecule has 1 aliphatic carbocycles. The number of hydrogen-bond acceptors (Lipinski definition) is 4. The van der Waals surface area contributed by atoms with Gasteiger partial charge in [0.25, 0.3) is 0 Å². The van der Waals surface area contributed by atoms with Crippen LogP contribution in [0.2, 0.25) is 0 Å². The van der Waals surface area contributed by atoms with Crippen molar-refractivity contribution in [3.05, 3.63) is 17.0 Å². The number of carbonyl (C=O) groups is 1. The number of aryl methyl sites for hydroxylation is 2. The van der Waals surface area contributed by atoms with Crippen LogP contribution in [0.5, 0.6) is 0 Å². The summed E-state index contributed by atoms with van der Waals surface area (Å²) in [7, 11) is 0. The topological polar surface area (TPSA) is 75.4 Å². The summed E-state index contributed by atoms with van der Waals surface area (Å²) < 4.78 is 5.27. The first-order valence-electron chi connectivity index (χ1n) is 7.42. The van der Waals surface area contributed by atoms with E-state index in [-0.39, 0.29) is 18.9 Å². The largest absolute Gasteiger partial charge is 0.394 e. The van der Waals surface area contributed by atoms with Gasteiger partial charge in [0.1, 0.15) is 5.76 Å². The molecule has 1 saturated carbocycles. The molecule has 1 atom stereocenters. The molecule has 20 heavy (non-hydrogen) atoms. The number of carbonyl (C=O) groups excluding carboxylic acids is 1. The molecule has 5 nitrogen and oxygen atoms in total. The van der Waals surface area contributed by atoms with Crippen molar-refractivity contribution in [1.29, 1.82) is 0 Å². The van der Waals surface area contributed by atoms with Crippen LogP contribution in [0, 0.1) is 5.92 Å². The first-order chi connectivity index (χ1) is 9.54. The molecule has 1 aliphatic rings. The van der Waals surface area contributed by atoms with Crippen molar-refractivity contribution >= 4 is 5.91 Å². The standard InChI is InChI=1S/C15H24N2O3/c1-4-12-11(13(5-2)20-17-12)8-14(19)16-15(3,9-18)10-6-7-10/h10,18H,4-9H2,1-3H3,(H,16,19). The van der Waals surface area contributed by atoms with Gasteiger partial charge in [0.05, 0.1) is 24.3 Å². The van der Waals surface area contributed by atoms with E-state index in [0.29, 0.717) is 5.92 Å². The van der Waals surface area contributed by atoms with Gasteiger partial charge >= 0.3 is 0 Å². The predicted molar refractivity (Wildman–Crippen MR) is 75.3 cm³/mol. The van der Waals surface area contributed by atoms with E-state index in [1.807, 2.05) is 20.8 Å². The number of aromatic nitrogens is 1. The Morgan fingerprint density at radius 3 is 2.65 bits per heavy atom. The molecule has 1 fully saturated rings. The summed E-state index contributed by atoms with van der Waals surface area (Å²) in [6, 6.07) is 0. The molecule has 112 valence electrons. The Hall–Kier alpha value is -1.36. The van der Waals surface area contributed by atoms with E-state index in [1.165, 1.54) is 0 Å². The lowest BCUT2D eigenvalue weighted by Crippen LogP contribution is -2.51. The number of amides is 1. The van der Waals surface area contributed by atoms with E-state index in [4.69, 9.17) is 4.52 Å². The van der Waals surface area contributed by atoms with Crippen LogP contribution in [0.4, 0.5) is 0 Å². The van der Waals surface area contributed by atoms with E-state index in [0.717, 1.165) is 42.7 Å². The number of rotatable bonds is 7. The second-order valence-corrected chi connectivity index (χ2v) is 5.81. The minimum Gasteiger partial charge on any atom is -0.394 e. The fourth-order valence-corrected chi connectivity index (χ4v) is 2.65. The summed E-state index contributed by atoms with van der Waals surface area (Å²) in [4.78, 5) is 12.3. The maximum Gasteiger partial charge on any atom is 0.225 e. The molecule has 0 radical (unpaired) electrons. The lowest BCUT2D eigenvalue weighted by Gasteiger charge is -2.28. The van der Waals surface area contributed by atoms with Crippen LogP contribution in [0.1, 0.15) is 50.6 Å². The zero-order chi connectivity index (χ0) is 14.8. The second kappa shape index (κ2) is 5.95. The van der Waals surface area contributed by atoms with E-state index in [1.54, 1.807) is 0 Å². The first-order valence-corrected chi connectivity index (χ1v) is 7.42. The summed E-state index contributed by atoms with van der Waals surface area (Å²) in [6.07, 6.45) is 3.91.